The third-order valence-electron chi connectivity index (χ3n) is 4.77. The van der Waals surface area contributed by atoms with E-state index in [0.29, 0.717) is 18.0 Å². The van der Waals surface area contributed by atoms with E-state index in [9.17, 15) is 0 Å². The van der Waals surface area contributed by atoms with Gasteiger partial charge in [0.05, 0.1) is 0 Å². The van der Waals surface area contributed by atoms with Gasteiger partial charge in [-0.2, -0.15) is 0 Å². The fraction of sp³-hybridized carbons (Fsp3) is 1.00. The molecular weight excluding hydrogens is 234 g/mol. The summed E-state index contributed by atoms with van der Waals surface area (Å²) in [6.45, 7) is 16.3. The number of nitrogens with one attached hydrogen (secondary N) is 1. The molecule has 1 aliphatic heterocycles. The molecule has 3 unspecified atom stereocenters. The molecule has 1 aliphatic rings. The Hall–Kier alpha value is -0.120. The molecule has 0 aromatic rings. The molecule has 1 saturated heterocycles. The maximum absolute atomic E-state index is 3.56. The smallest absolute Gasteiger partial charge is 0.0223 e. The summed E-state index contributed by atoms with van der Waals surface area (Å²) >= 11 is 0. The molecule has 0 aromatic heterocycles. The molecule has 0 amide bonds. The van der Waals surface area contributed by atoms with Crippen molar-refractivity contribution in [2.45, 2.75) is 65.6 Å². The molecule has 1 N–H and O–H groups in total. The van der Waals surface area contributed by atoms with Crippen LogP contribution in [-0.4, -0.2) is 61.2 Å². The minimum Gasteiger partial charge on any atom is -0.314 e. The van der Waals surface area contributed by atoms with E-state index in [2.05, 4.69) is 56.8 Å². The molecular formula is C16H35N3. The topological polar surface area (TPSA) is 18.5 Å². The minimum absolute atomic E-state index is 0.588. The predicted octanol–water partition coefficient (Wildman–Crippen LogP) is 2.43. The van der Waals surface area contributed by atoms with Crippen molar-refractivity contribution in [3.05, 3.63) is 0 Å². The highest BCUT2D eigenvalue weighted by Gasteiger charge is 2.26. The fourth-order valence-corrected chi connectivity index (χ4v) is 3.04. The van der Waals surface area contributed by atoms with Crippen molar-refractivity contribution >= 4 is 0 Å². The van der Waals surface area contributed by atoms with Gasteiger partial charge in [0.15, 0.2) is 0 Å². The summed E-state index contributed by atoms with van der Waals surface area (Å²) in [5, 5.41) is 3.56. The lowest BCUT2D eigenvalue weighted by Gasteiger charge is -2.34. The van der Waals surface area contributed by atoms with Gasteiger partial charge in [-0.25, -0.2) is 0 Å². The lowest BCUT2D eigenvalue weighted by Crippen LogP contribution is -2.46. The van der Waals surface area contributed by atoms with Gasteiger partial charge in [-0.1, -0.05) is 27.7 Å². The second-order valence-electron chi connectivity index (χ2n) is 6.65. The summed E-state index contributed by atoms with van der Waals surface area (Å²) in [4.78, 5) is 5.20. The number of rotatable bonds is 8. The quantitative estimate of drug-likeness (QED) is 0.730. The Labute approximate surface area is 120 Å². The Morgan fingerprint density at radius 1 is 1.26 bits per heavy atom. The molecule has 114 valence electrons. The molecule has 0 saturated carbocycles. The van der Waals surface area contributed by atoms with Crippen molar-refractivity contribution in [1.29, 1.82) is 0 Å². The third-order valence-corrected chi connectivity index (χ3v) is 4.77. The first-order chi connectivity index (χ1) is 8.95. The molecule has 0 spiro atoms. The van der Waals surface area contributed by atoms with E-state index in [0.717, 1.165) is 12.6 Å². The van der Waals surface area contributed by atoms with Crippen LogP contribution in [0.15, 0.2) is 0 Å². The third kappa shape index (κ3) is 5.41. The van der Waals surface area contributed by atoms with Crippen molar-refractivity contribution in [3.8, 4) is 0 Å². The van der Waals surface area contributed by atoms with Crippen LogP contribution < -0.4 is 5.32 Å². The van der Waals surface area contributed by atoms with E-state index in [4.69, 9.17) is 0 Å². The summed E-state index contributed by atoms with van der Waals surface area (Å²) in [6, 6.07) is 2.01. The van der Waals surface area contributed by atoms with Crippen LogP contribution in [0.4, 0.5) is 0 Å². The summed E-state index contributed by atoms with van der Waals surface area (Å²) in [5.41, 5.74) is 0. The van der Waals surface area contributed by atoms with Crippen LogP contribution in [-0.2, 0) is 0 Å². The number of nitrogens with zero attached hydrogens (tertiary/aromatic N) is 2. The summed E-state index contributed by atoms with van der Waals surface area (Å²) in [5.74, 6) is 0.698. The summed E-state index contributed by atoms with van der Waals surface area (Å²) < 4.78 is 0. The van der Waals surface area contributed by atoms with Gasteiger partial charge in [0.2, 0.25) is 0 Å². The zero-order valence-electron chi connectivity index (χ0n) is 13.9. The first-order valence-corrected chi connectivity index (χ1v) is 8.13. The first-order valence-electron chi connectivity index (χ1n) is 8.13. The number of likely N-dealkylation sites (tertiary alicyclic amines) is 1. The average molecular weight is 269 g/mol. The van der Waals surface area contributed by atoms with Gasteiger partial charge >= 0.3 is 0 Å². The monoisotopic (exact) mass is 269 g/mol. The second-order valence-corrected chi connectivity index (χ2v) is 6.65. The van der Waals surface area contributed by atoms with E-state index >= 15 is 0 Å². The van der Waals surface area contributed by atoms with E-state index < -0.39 is 0 Å². The molecule has 3 nitrogen and oxygen atoms in total. The predicted molar refractivity (Wildman–Crippen MR) is 84.7 cm³/mol. The fourth-order valence-electron chi connectivity index (χ4n) is 3.04. The Morgan fingerprint density at radius 2 is 1.95 bits per heavy atom. The van der Waals surface area contributed by atoms with Crippen LogP contribution in [0.1, 0.15) is 47.5 Å². The number of likely N-dealkylation sites (N-methyl/N-ethyl adjacent to an activating group) is 2. The molecule has 1 heterocycles. The second kappa shape index (κ2) is 8.23. The van der Waals surface area contributed by atoms with Crippen LogP contribution in [0, 0.1) is 5.92 Å². The highest BCUT2D eigenvalue weighted by Crippen LogP contribution is 2.19. The molecule has 0 bridgehead atoms. The largest absolute Gasteiger partial charge is 0.314 e. The minimum atomic E-state index is 0.588. The maximum Gasteiger partial charge on any atom is 0.0223 e. The van der Waals surface area contributed by atoms with Gasteiger partial charge in [-0.3, -0.25) is 4.90 Å². The Morgan fingerprint density at radius 3 is 2.53 bits per heavy atom. The van der Waals surface area contributed by atoms with Gasteiger partial charge < -0.3 is 10.2 Å². The van der Waals surface area contributed by atoms with E-state index in [-0.39, 0.29) is 0 Å². The molecule has 1 rings (SSSR count). The van der Waals surface area contributed by atoms with Crippen LogP contribution in [0.5, 0.6) is 0 Å². The molecule has 19 heavy (non-hydrogen) atoms. The molecule has 0 radical (unpaired) electrons. The average Bonchev–Trinajstić information content (AvgIpc) is 2.81. The zero-order valence-corrected chi connectivity index (χ0v) is 13.9. The highest BCUT2D eigenvalue weighted by atomic mass is 15.2. The molecule has 3 atom stereocenters. The lowest BCUT2D eigenvalue weighted by molar-refractivity contribution is 0.141. The maximum atomic E-state index is 3.56. The van der Waals surface area contributed by atoms with Gasteiger partial charge in [0, 0.05) is 24.7 Å². The highest BCUT2D eigenvalue weighted by molar-refractivity contribution is 4.83. The van der Waals surface area contributed by atoms with Gasteiger partial charge in [-0.15, -0.1) is 0 Å². The van der Waals surface area contributed by atoms with Gasteiger partial charge in [0.1, 0.15) is 0 Å². The number of hydrogen-bond donors (Lipinski definition) is 1. The summed E-state index contributed by atoms with van der Waals surface area (Å²) in [7, 11) is 2.29. The van der Waals surface area contributed by atoms with Crippen molar-refractivity contribution in [2.24, 2.45) is 5.92 Å². The standard InChI is InChI=1S/C16H35N3/c1-7-19-10-8-9-16(19)12-18(6)15(5)14(4)11-17-13(2)3/h13-17H,7-12H2,1-6H3. The van der Waals surface area contributed by atoms with Crippen LogP contribution >= 0.6 is 0 Å². The van der Waals surface area contributed by atoms with Gasteiger partial charge in [-0.05, 0) is 52.4 Å². The molecule has 3 heteroatoms. The van der Waals surface area contributed by atoms with Crippen molar-refractivity contribution in [2.75, 3.05) is 33.2 Å². The Kier molecular flexibility index (Phi) is 7.33. The van der Waals surface area contributed by atoms with Crippen LogP contribution in [0.25, 0.3) is 0 Å². The van der Waals surface area contributed by atoms with Crippen molar-refractivity contribution in [1.82, 2.24) is 15.1 Å². The van der Waals surface area contributed by atoms with E-state index in [1.165, 1.54) is 32.5 Å². The zero-order chi connectivity index (χ0) is 14.4. The molecule has 0 aromatic carbocycles. The van der Waals surface area contributed by atoms with Crippen LogP contribution in [0.3, 0.4) is 0 Å². The van der Waals surface area contributed by atoms with E-state index in [1.54, 1.807) is 0 Å². The number of hydrogen-bond acceptors (Lipinski definition) is 3. The first kappa shape index (κ1) is 16.9. The van der Waals surface area contributed by atoms with Crippen molar-refractivity contribution < 1.29 is 0 Å². The van der Waals surface area contributed by atoms with Crippen LogP contribution in [0.2, 0.25) is 0 Å². The summed E-state index contributed by atoms with van der Waals surface area (Å²) in [6.07, 6.45) is 2.76. The molecule has 0 aliphatic carbocycles. The van der Waals surface area contributed by atoms with Crippen molar-refractivity contribution in [3.63, 3.8) is 0 Å². The Bertz CT molecular complexity index is 242. The molecule has 1 fully saturated rings. The SMILES string of the molecule is CCN1CCCC1CN(C)C(C)C(C)CNC(C)C. The lowest BCUT2D eigenvalue weighted by atomic mass is 10.0. The normalized spacial score (nSPS) is 24.3. The Balaban J connectivity index is 2.36. The van der Waals surface area contributed by atoms with E-state index in [1.807, 2.05) is 0 Å². The van der Waals surface area contributed by atoms with Gasteiger partial charge in [0.25, 0.3) is 0 Å².